The maximum atomic E-state index is 12.3. The Labute approximate surface area is 160 Å². The molecule has 6 nitrogen and oxygen atoms in total. The number of hydrogen-bond donors (Lipinski definition) is 2. The van der Waals surface area contributed by atoms with Crippen LogP contribution in [-0.2, 0) is 11.3 Å². The van der Waals surface area contributed by atoms with Crippen LogP contribution in [0.3, 0.4) is 0 Å². The molecule has 0 aliphatic rings. The normalized spacial score (nSPS) is 10.6. The fourth-order valence-electron chi connectivity index (χ4n) is 2.17. The molecule has 0 aliphatic carbocycles. The van der Waals surface area contributed by atoms with E-state index in [1.165, 1.54) is 20.4 Å². The van der Waals surface area contributed by atoms with E-state index < -0.39 is 5.91 Å². The number of nitrogens with zero attached hydrogens (tertiary/aromatic N) is 1. The van der Waals surface area contributed by atoms with Crippen LogP contribution in [0.15, 0.2) is 58.7 Å². The summed E-state index contributed by atoms with van der Waals surface area (Å²) < 4.78 is 11.3. The van der Waals surface area contributed by atoms with Gasteiger partial charge in [0.05, 0.1) is 14.2 Å². The van der Waals surface area contributed by atoms with Crippen LogP contribution in [-0.4, -0.2) is 20.1 Å². The standard InChI is InChI=1S/C19H18BrN3O3/c1-25-17-8-7-15(9-18(17)26-2)23-19(24)14(10-21)12-22-11-13-5-3-4-6-16(13)20/h3-9,12,22H,11H2,1-2H3,(H,23,24)/b14-12-. The first-order chi connectivity index (χ1) is 12.6. The van der Waals surface area contributed by atoms with Gasteiger partial charge in [-0.3, -0.25) is 4.79 Å². The molecule has 2 aromatic rings. The Morgan fingerprint density at radius 2 is 1.92 bits per heavy atom. The molecule has 0 aliphatic heterocycles. The predicted molar refractivity (Wildman–Crippen MR) is 103 cm³/mol. The number of nitriles is 1. The Bertz CT molecular complexity index is 859. The zero-order valence-electron chi connectivity index (χ0n) is 14.4. The van der Waals surface area contributed by atoms with Gasteiger partial charge in [0.2, 0.25) is 0 Å². The quantitative estimate of drug-likeness (QED) is 0.533. The van der Waals surface area contributed by atoms with Gasteiger partial charge in [0, 0.05) is 29.0 Å². The number of nitrogens with one attached hydrogen (secondary N) is 2. The van der Waals surface area contributed by atoms with Gasteiger partial charge in [-0.1, -0.05) is 34.1 Å². The van der Waals surface area contributed by atoms with Crippen LogP contribution in [0.1, 0.15) is 5.56 Å². The molecule has 26 heavy (non-hydrogen) atoms. The van der Waals surface area contributed by atoms with E-state index in [-0.39, 0.29) is 5.57 Å². The third-order valence-corrected chi connectivity index (χ3v) is 4.28. The van der Waals surface area contributed by atoms with E-state index in [9.17, 15) is 10.1 Å². The minimum absolute atomic E-state index is 0.0353. The van der Waals surface area contributed by atoms with Crippen molar-refractivity contribution in [2.75, 3.05) is 19.5 Å². The van der Waals surface area contributed by atoms with Crippen molar-refractivity contribution in [3.8, 4) is 17.6 Å². The molecule has 2 N–H and O–H groups in total. The molecule has 7 heteroatoms. The molecule has 2 aromatic carbocycles. The van der Waals surface area contributed by atoms with E-state index in [1.807, 2.05) is 30.3 Å². The Balaban J connectivity index is 2.04. The third kappa shape index (κ3) is 5.01. The van der Waals surface area contributed by atoms with Gasteiger partial charge in [0.15, 0.2) is 11.5 Å². The molecule has 0 radical (unpaired) electrons. The SMILES string of the molecule is COc1ccc(NC(=O)/C(C#N)=C\NCc2ccccc2Br)cc1OC. The molecule has 1 amide bonds. The highest BCUT2D eigenvalue weighted by Crippen LogP contribution is 2.29. The Kier molecular flexibility index (Phi) is 7.06. The van der Waals surface area contributed by atoms with Crippen LogP contribution in [0.4, 0.5) is 5.69 Å². The molecule has 2 rings (SSSR count). The van der Waals surface area contributed by atoms with E-state index in [0.29, 0.717) is 23.7 Å². The van der Waals surface area contributed by atoms with Crippen molar-refractivity contribution < 1.29 is 14.3 Å². The maximum Gasteiger partial charge on any atom is 0.267 e. The number of rotatable bonds is 7. The van der Waals surface area contributed by atoms with E-state index in [0.717, 1.165) is 10.0 Å². The molecule has 0 aromatic heterocycles. The molecule has 0 saturated heterocycles. The number of carbonyl (C=O) groups is 1. The number of benzene rings is 2. The first-order valence-corrected chi connectivity index (χ1v) is 8.48. The highest BCUT2D eigenvalue weighted by Gasteiger charge is 2.11. The van der Waals surface area contributed by atoms with E-state index in [1.54, 1.807) is 18.2 Å². The van der Waals surface area contributed by atoms with E-state index >= 15 is 0 Å². The Hall–Kier alpha value is -2.98. The van der Waals surface area contributed by atoms with Crippen LogP contribution in [0.25, 0.3) is 0 Å². The minimum atomic E-state index is -0.514. The molecule has 0 fully saturated rings. The second-order valence-electron chi connectivity index (χ2n) is 5.17. The largest absolute Gasteiger partial charge is 0.493 e. The second kappa shape index (κ2) is 9.49. The zero-order valence-corrected chi connectivity index (χ0v) is 16.0. The molecule has 0 atom stereocenters. The Morgan fingerprint density at radius 3 is 2.58 bits per heavy atom. The van der Waals surface area contributed by atoms with Crippen molar-refractivity contribution in [2.24, 2.45) is 0 Å². The molecular weight excluding hydrogens is 398 g/mol. The monoisotopic (exact) mass is 415 g/mol. The molecule has 134 valence electrons. The first kappa shape index (κ1) is 19.3. The van der Waals surface area contributed by atoms with Gasteiger partial charge in [-0.25, -0.2) is 0 Å². The van der Waals surface area contributed by atoms with Gasteiger partial charge in [-0.05, 0) is 23.8 Å². The van der Waals surface area contributed by atoms with Crippen molar-refractivity contribution in [1.29, 1.82) is 5.26 Å². The average molecular weight is 416 g/mol. The topological polar surface area (TPSA) is 83.4 Å². The summed E-state index contributed by atoms with van der Waals surface area (Å²) in [6.45, 7) is 0.482. The van der Waals surface area contributed by atoms with Crippen molar-refractivity contribution in [3.63, 3.8) is 0 Å². The molecule has 0 bridgehead atoms. The van der Waals surface area contributed by atoms with Crippen molar-refractivity contribution in [2.45, 2.75) is 6.54 Å². The number of amides is 1. The number of anilines is 1. The number of ether oxygens (including phenoxy) is 2. The lowest BCUT2D eigenvalue weighted by atomic mass is 10.2. The average Bonchev–Trinajstić information content (AvgIpc) is 2.66. The van der Waals surface area contributed by atoms with Crippen LogP contribution in [0, 0.1) is 11.3 Å². The van der Waals surface area contributed by atoms with Gasteiger partial charge in [-0.15, -0.1) is 0 Å². The number of hydrogen-bond acceptors (Lipinski definition) is 5. The van der Waals surface area contributed by atoms with Gasteiger partial charge >= 0.3 is 0 Å². The third-order valence-electron chi connectivity index (χ3n) is 3.50. The summed E-state index contributed by atoms with van der Waals surface area (Å²) in [5, 5.41) is 14.9. The van der Waals surface area contributed by atoms with Gasteiger partial charge in [0.1, 0.15) is 11.6 Å². The summed E-state index contributed by atoms with van der Waals surface area (Å²) >= 11 is 3.45. The predicted octanol–water partition coefficient (Wildman–Crippen LogP) is 3.60. The van der Waals surface area contributed by atoms with E-state index in [4.69, 9.17) is 9.47 Å². The van der Waals surface area contributed by atoms with Crippen molar-refractivity contribution >= 4 is 27.5 Å². The van der Waals surface area contributed by atoms with Crippen LogP contribution in [0.2, 0.25) is 0 Å². The Morgan fingerprint density at radius 1 is 1.19 bits per heavy atom. The molecule has 0 heterocycles. The highest BCUT2D eigenvalue weighted by molar-refractivity contribution is 9.10. The molecule has 0 saturated carbocycles. The fourth-order valence-corrected chi connectivity index (χ4v) is 2.59. The molecule has 0 spiro atoms. The lowest BCUT2D eigenvalue weighted by Crippen LogP contribution is -2.16. The van der Waals surface area contributed by atoms with Gasteiger partial charge in [0.25, 0.3) is 5.91 Å². The summed E-state index contributed by atoms with van der Waals surface area (Å²) in [7, 11) is 3.04. The zero-order chi connectivity index (χ0) is 18.9. The fraction of sp³-hybridized carbons (Fsp3) is 0.158. The second-order valence-corrected chi connectivity index (χ2v) is 6.02. The number of carbonyl (C=O) groups excluding carboxylic acids is 1. The highest BCUT2D eigenvalue weighted by atomic mass is 79.9. The lowest BCUT2D eigenvalue weighted by Gasteiger charge is -2.10. The minimum Gasteiger partial charge on any atom is -0.493 e. The van der Waals surface area contributed by atoms with Crippen LogP contribution < -0.4 is 20.1 Å². The summed E-state index contributed by atoms with van der Waals surface area (Å²) in [4.78, 5) is 12.3. The lowest BCUT2D eigenvalue weighted by molar-refractivity contribution is -0.112. The number of halogens is 1. The summed E-state index contributed by atoms with van der Waals surface area (Å²) in [6, 6.07) is 14.6. The maximum absolute atomic E-state index is 12.3. The van der Waals surface area contributed by atoms with Crippen LogP contribution in [0.5, 0.6) is 11.5 Å². The van der Waals surface area contributed by atoms with Crippen LogP contribution >= 0.6 is 15.9 Å². The number of methoxy groups -OCH3 is 2. The summed E-state index contributed by atoms with van der Waals surface area (Å²) in [5.74, 6) is 0.524. The van der Waals surface area contributed by atoms with E-state index in [2.05, 4.69) is 26.6 Å². The van der Waals surface area contributed by atoms with Gasteiger partial charge < -0.3 is 20.1 Å². The van der Waals surface area contributed by atoms with Crippen molar-refractivity contribution in [3.05, 3.63) is 64.3 Å². The summed E-state index contributed by atoms with van der Waals surface area (Å²) in [6.07, 6.45) is 1.40. The summed E-state index contributed by atoms with van der Waals surface area (Å²) in [5.41, 5.74) is 1.48. The molecular formula is C19H18BrN3O3. The van der Waals surface area contributed by atoms with Crippen molar-refractivity contribution in [1.82, 2.24) is 5.32 Å². The van der Waals surface area contributed by atoms with Gasteiger partial charge in [-0.2, -0.15) is 5.26 Å². The molecule has 0 unspecified atom stereocenters. The first-order valence-electron chi connectivity index (χ1n) is 7.69. The smallest absolute Gasteiger partial charge is 0.267 e.